The molecule has 0 spiro atoms. The van der Waals surface area contributed by atoms with Gasteiger partial charge in [0.05, 0.1) is 19.7 Å². The molecule has 2 aromatic rings. The zero-order chi connectivity index (χ0) is 22.4. The molecule has 1 fully saturated rings. The number of nitrogens with two attached hydrogens (primary N) is 1. The van der Waals surface area contributed by atoms with Crippen LogP contribution < -0.4 is 15.8 Å². The summed E-state index contributed by atoms with van der Waals surface area (Å²) in [6.07, 6.45) is -0.237. The summed E-state index contributed by atoms with van der Waals surface area (Å²) in [4.78, 5) is 37.6. The van der Waals surface area contributed by atoms with Gasteiger partial charge in [-0.2, -0.15) is 0 Å². The number of carbonyl (C=O) groups excluding carboxylic acids is 3. The number of ether oxygens (including phenoxy) is 2. The summed E-state index contributed by atoms with van der Waals surface area (Å²) in [7, 11) is 1.33. The maximum absolute atomic E-state index is 14.8. The van der Waals surface area contributed by atoms with Gasteiger partial charge in [-0.1, -0.05) is 18.2 Å². The minimum absolute atomic E-state index is 0.237. The van der Waals surface area contributed by atoms with E-state index in [1.165, 1.54) is 7.11 Å². The highest BCUT2D eigenvalue weighted by Crippen LogP contribution is 2.31. The van der Waals surface area contributed by atoms with Crippen molar-refractivity contribution in [3.63, 3.8) is 0 Å². The number of halogens is 1. The van der Waals surface area contributed by atoms with Gasteiger partial charge in [0.25, 0.3) is 5.91 Å². The molecular weight excluding hydrogens is 405 g/mol. The molecule has 164 valence electrons. The van der Waals surface area contributed by atoms with E-state index < -0.39 is 36.0 Å². The van der Waals surface area contributed by atoms with E-state index >= 15 is 0 Å². The van der Waals surface area contributed by atoms with Crippen molar-refractivity contribution in [3.05, 3.63) is 60.2 Å². The molecule has 2 aromatic carbocycles. The van der Waals surface area contributed by atoms with Crippen molar-refractivity contribution in [2.24, 2.45) is 5.73 Å². The summed E-state index contributed by atoms with van der Waals surface area (Å²) in [5.74, 6) is -0.672. The number of primary amides is 1. The number of nitrogens with zero attached hydrogens (tertiary/aromatic N) is 1. The quantitative estimate of drug-likeness (QED) is 0.663. The third-order valence-corrected chi connectivity index (χ3v) is 4.94. The number of rotatable bonds is 8. The first-order chi connectivity index (χ1) is 14.8. The van der Waals surface area contributed by atoms with Crippen molar-refractivity contribution < 1.29 is 28.2 Å². The van der Waals surface area contributed by atoms with Crippen LogP contribution in [0.2, 0.25) is 0 Å². The average molecular weight is 429 g/mol. The number of hydrogen-bond donors (Lipinski definition) is 2. The van der Waals surface area contributed by atoms with Crippen LogP contribution in [0.3, 0.4) is 0 Å². The van der Waals surface area contributed by atoms with Crippen molar-refractivity contribution in [1.29, 1.82) is 0 Å². The maximum atomic E-state index is 14.8. The van der Waals surface area contributed by atoms with Gasteiger partial charge in [0.2, 0.25) is 11.8 Å². The van der Waals surface area contributed by atoms with Crippen molar-refractivity contribution in [2.75, 3.05) is 26.8 Å². The van der Waals surface area contributed by atoms with E-state index in [1.54, 1.807) is 24.3 Å². The van der Waals surface area contributed by atoms with E-state index in [0.717, 1.165) is 4.90 Å². The second-order valence-electron chi connectivity index (χ2n) is 7.35. The number of methoxy groups -OCH3 is 1. The van der Waals surface area contributed by atoms with Crippen molar-refractivity contribution >= 4 is 17.7 Å². The van der Waals surface area contributed by atoms with Gasteiger partial charge in [-0.05, 0) is 36.4 Å². The molecule has 1 aliphatic rings. The number of alkyl halides is 1. The minimum Gasteiger partial charge on any atom is -0.457 e. The zero-order valence-electron chi connectivity index (χ0n) is 17.0. The average Bonchev–Trinajstić information content (AvgIpc) is 3.11. The second kappa shape index (κ2) is 9.57. The number of nitrogens with one attached hydrogen (secondary N) is 1. The fraction of sp³-hybridized carbons (Fsp3) is 0.318. The number of amides is 3. The van der Waals surface area contributed by atoms with Gasteiger partial charge in [-0.15, -0.1) is 0 Å². The predicted octanol–water partition coefficient (Wildman–Crippen LogP) is 1.65. The van der Waals surface area contributed by atoms with Crippen LogP contribution in [-0.2, 0) is 14.3 Å². The van der Waals surface area contributed by atoms with Crippen LogP contribution >= 0.6 is 0 Å². The Kier molecular flexibility index (Phi) is 6.86. The first-order valence-corrected chi connectivity index (χ1v) is 9.69. The number of para-hydroxylation sites is 1. The lowest BCUT2D eigenvalue weighted by Crippen LogP contribution is -2.47. The summed E-state index contributed by atoms with van der Waals surface area (Å²) in [6.45, 7) is -0.979. The summed E-state index contributed by atoms with van der Waals surface area (Å²) in [5, 5.41) is 2.49. The first kappa shape index (κ1) is 22.2. The molecular formula is C22H24FN3O5. The van der Waals surface area contributed by atoms with E-state index in [0.29, 0.717) is 17.1 Å². The Balaban J connectivity index is 1.57. The number of carbonyl (C=O) groups is 3. The standard InChI is InChI=1S/C22H24FN3O5/c1-30-14-22(23)11-18(20(24)28)26(13-22)19(27)12-25-21(29)15-7-9-17(10-8-15)31-16-5-3-2-4-6-16/h2-10,18H,11-14H2,1H3,(H2,24,28)(H,25,29). The van der Waals surface area contributed by atoms with Gasteiger partial charge in [-0.3, -0.25) is 14.4 Å². The predicted molar refractivity (Wildman–Crippen MR) is 110 cm³/mol. The SMILES string of the molecule is COCC1(F)CC(C(N)=O)N(C(=O)CNC(=O)c2ccc(Oc3ccccc3)cc2)C1. The molecule has 0 saturated carbocycles. The van der Waals surface area contributed by atoms with Gasteiger partial charge < -0.3 is 25.4 Å². The zero-order valence-corrected chi connectivity index (χ0v) is 17.0. The van der Waals surface area contributed by atoms with Crippen molar-refractivity contribution in [2.45, 2.75) is 18.1 Å². The van der Waals surface area contributed by atoms with Crippen LogP contribution in [0, 0.1) is 0 Å². The van der Waals surface area contributed by atoms with Crippen molar-refractivity contribution in [3.8, 4) is 11.5 Å². The molecule has 31 heavy (non-hydrogen) atoms. The first-order valence-electron chi connectivity index (χ1n) is 9.69. The number of likely N-dealkylation sites (tertiary alicyclic amines) is 1. The highest BCUT2D eigenvalue weighted by Gasteiger charge is 2.48. The summed E-state index contributed by atoms with van der Waals surface area (Å²) >= 11 is 0. The van der Waals surface area contributed by atoms with E-state index in [1.807, 2.05) is 30.3 Å². The molecule has 1 heterocycles. The molecule has 0 radical (unpaired) electrons. The summed E-state index contributed by atoms with van der Waals surface area (Å²) in [6, 6.07) is 14.5. The third-order valence-electron chi connectivity index (χ3n) is 4.94. The van der Waals surface area contributed by atoms with Crippen molar-refractivity contribution in [1.82, 2.24) is 10.2 Å². The van der Waals surface area contributed by atoms with Gasteiger partial charge in [0, 0.05) is 19.1 Å². The summed E-state index contributed by atoms with van der Waals surface area (Å²) < 4.78 is 25.3. The minimum atomic E-state index is -1.86. The lowest BCUT2D eigenvalue weighted by Gasteiger charge is -2.22. The summed E-state index contributed by atoms with van der Waals surface area (Å²) in [5.41, 5.74) is 3.78. The molecule has 0 bridgehead atoms. The topological polar surface area (TPSA) is 111 Å². The smallest absolute Gasteiger partial charge is 0.251 e. The fourth-order valence-electron chi connectivity index (χ4n) is 3.47. The normalized spacial score (nSPS) is 20.3. The molecule has 2 atom stereocenters. The van der Waals surface area contributed by atoms with Gasteiger partial charge in [0.15, 0.2) is 5.67 Å². The fourth-order valence-corrected chi connectivity index (χ4v) is 3.47. The Morgan fingerprint density at radius 2 is 1.77 bits per heavy atom. The maximum Gasteiger partial charge on any atom is 0.251 e. The molecule has 2 unspecified atom stereocenters. The Morgan fingerprint density at radius 3 is 2.39 bits per heavy atom. The Hall–Kier alpha value is -3.46. The van der Waals surface area contributed by atoms with E-state index in [4.69, 9.17) is 15.2 Å². The number of hydrogen-bond acceptors (Lipinski definition) is 5. The van der Waals surface area contributed by atoms with Gasteiger partial charge in [0.1, 0.15) is 17.5 Å². The molecule has 0 aliphatic carbocycles. The van der Waals surface area contributed by atoms with Crippen LogP contribution in [0.25, 0.3) is 0 Å². The van der Waals surface area contributed by atoms with Crippen LogP contribution in [0.5, 0.6) is 11.5 Å². The molecule has 9 heteroatoms. The number of benzene rings is 2. The largest absolute Gasteiger partial charge is 0.457 e. The Labute approximate surface area is 179 Å². The van der Waals surface area contributed by atoms with Gasteiger partial charge >= 0.3 is 0 Å². The molecule has 3 amide bonds. The van der Waals surface area contributed by atoms with Crippen LogP contribution in [0.15, 0.2) is 54.6 Å². The lowest BCUT2D eigenvalue weighted by molar-refractivity contribution is -0.136. The lowest BCUT2D eigenvalue weighted by atomic mass is 10.0. The van der Waals surface area contributed by atoms with E-state index in [2.05, 4.69) is 5.32 Å². The van der Waals surface area contributed by atoms with Gasteiger partial charge in [-0.25, -0.2) is 4.39 Å². The van der Waals surface area contributed by atoms with Crippen LogP contribution in [0.1, 0.15) is 16.8 Å². The Morgan fingerprint density at radius 1 is 1.13 bits per heavy atom. The monoisotopic (exact) mass is 429 g/mol. The molecule has 0 aromatic heterocycles. The Bertz CT molecular complexity index is 938. The molecule has 1 aliphatic heterocycles. The van der Waals surface area contributed by atoms with Crippen LogP contribution in [-0.4, -0.2) is 61.1 Å². The third kappa shape index (κ3) is 5.58. The van der Waals surface area contributed by atoms with E-state index in [-0.39, 0.29) is 19.6 Å². The molecule has 3 rings (SSSR count). The molecule has 8 nitrogen and oxygen atoms in total. The van der Waals surface area contributed by atoms with Crippen LogP contribution in [0.4, 0.5) is 4.39 Å². The highest BCUT2D eigenvalue weighted by molar-refractivity contribution is 5.97. The molecule has 1 saturated heterocycles. The highest BCUT2D eigenvalue weighted by atomic mass is 19.1. The second-order valence-corrected chi connectivity index (χ2v) is 7.35. The van der Waals surface area contributed by atoms with E-state index in [9.17, 15) is 18.8 Å². The molecule has 3 N–H and O–H groups in total.